The van der Waals surface area contributed by atoms with Crippen LogP contribution >= 0.6 is 0 Å². The van der Waals surface area contributed by atoms with Gasteiger partial charge in [0.2, 0.25) is 0 Å². The smallest absolute Gasteiger partial charge is 0.411 e. The number of rotatable bonds is 3. The first-order valence-corrected chi connectivity index (χ1v) is 6.20. The minimum absolute atomic E-state index is 0.450. The molecule has 0 atom stereocenters. The van der Waals surface area contributed by atoms with Crippen LogP contribution in [0, 0.1) is 0 Å². The Bertz CT molecular complexity index is 403. The van der Waals surface area contributed by atoms with Gasteiger partial charge in [-0.3, -0.25) is 5.32 Å². The number of anilines is 2. The number of amides is 1. The van der Waals surface area contributed by atoms with Gasteiger partial charge >= 0.3 is 6.09 Å². The highest BCUT2D eigenvalue weighted by Gasteiger charge is 2.12. The summed E-state index contributed by atoms with van der Waals surface area (Å²) in [5.41, 5.74) is 1.76. The van der Waals surface area contributed by atoms with Crippen LogP contribution in [0.4, 0.5) is 16.2 Å². The molecule has 0 saturated carbocycles. The first-order valence-electron chi connectivity index (χ1n) is 6.20. The molecule has 3 N–H and O–H groups in total. The van der Waals surface area contributed by atoms with Crippen molar-refractivity contribution in [1.82, 2.24) is 5.32 Å². The number of nitrogens with one attached hydrogen (secondary N) is 3. The summed E-state index contributed by atoms with van der Waals surface area (Å²) < 4.78 is 4.57. The van der Waals surface area contributed by atoms with Gasteiger partial charge in [-0.05, 0) is 44.1 Å². The maximum atomic E-state index is 11.1. The van der Waals surface area contributed by atoms with Crippen LogP contribution in [0.25, 0.3) is 0 Å². The molecule has 98 valence electrons. The molecule has 0 spiro atoms. The molecule has 0 aliphatic carbocycles. The average Bonchev–Trinajstić information content (AvgIpc) is 2.40. The average molecular weight is 249 g/mol. The summed E-state index contributed by atoms with van der Waals surface area (Å²) in [5, 5.41) is 9.47. The fraction of sp³-hybridized carbons (Fsp3) is 0.462. The maximum absolute atomic E-state index is 11.1. The fourth-order valence-corrected chi connectivity index (χ4v) is 2.06. The lowest BCUT2D eigenvalue weighted by atomic mass is 10.1. The minimum atomic E-state index is -0.450. The Kier molecular flexibility index (Phi) is 4.41. The molecule has 0 bridgehead atoms. The van der Waals surface area contributed by atoms with Crippen molar-refractivity contribution in [3.8, 4) is 0 Å². The third kappa shape index (κ3) is 3.63. The summed E-state index contributed by atoms with van der Waals surface area (Å²) in [6, 6.07) is 8.17. The molecule has 1 saturated heterocycles. The summed E-state index contributed by atoms with van der Waals surface area (Å²) in [6.45, 7) is 2.11. The van der Waals surface area contributed by atoms with E-state index in [2.05, 4.69) is 20.7 Å². The lowest BCUT2D eigenvalue weighted by Gasteiger charge is -2.24. The molecule has 5 heteroatoms. The van der Waals surface area contributed by atoms with E-state index in [4.69, 9.17) is 0 Å². The van der Waals surface area contributed by atoms with Crippen molar-refractivity contribution in [3.05, 3.63) is 24.3 Å². The van der Waals surface area contributed by atoms with E-state index >= 15 is 0 Å². The van der Waals surface area contributed by atoms with Crippen LogP contribution in [-0.4, -0.2) is 32.3 Å². The molecule has 0 radical (unpaired) electrons. The van der Waals surface area contributed by atoms with Gasteiger partial charge in [-0.25, -0.2) is 4.79 Å². The zero-order chi connectivity index (χ0) is 12.8. The molecule has 5 nitrogen and oxygen atoms in total. The van der Waals surface area contributed by atoms with Gasteiger partial charge in [-0.2, -0.15) is 0 Å². The number of piperidine rings is 1. The Morgan fingerprint density at radius 3 is 2.78 bits per heavy atom. The first kappa shape index (κ1) is 12.7. The number of hydrogen-bond acceptors (Lipinski definition) is 4. The molecule has 1 aromatic carbocycles. The van der Waals surface area contributed by atoms with Gasteiger partial charge < -0.3 is 15.4 Å². The van der Waals surface area contributed by atoms with Crippen molar-refractivity contribution in [2.24, 2.45) is 0 Å². The molecule has 1 heterocycles. The van der Waals surface area contributed by atoms with Gasteiger partial charge in [0.1, 0.15) is 0 Å². The third-order valence-corrected chi connectivity index (χ3v) is 3.00. The molecule has 2 rings (SSSR count). The van der Waals surface area contributed by atoms with Crippen LogP contribution in [0.15, 0.2) is 24.3 Å². The summed E-state index contributed by atoms with van der Waals surface area (Å²) in [6.07, 6.45) is 1.79. The Morgan fingerprint density at radius 1 is 1.33 bits per heavy atom. The van der Waals surface area contributed by atoms with E-state index in [1.165, 1.54) is 7.11 Å². The predicted molar refractivity (Wildman–Crippen MR) is 72.0 cm³/mol. The van der Waals surface area contributed by atoms with Crippen molar-refractivity contribution >= 4 is 17.5 Å². The van der Waals surface area contributed by atoms with Gasteiger partial charge in [0.15, 0.2) is 0 Å². The van der Waals surface area contributed by atoms with Gasteiger partial charge in [0.05, 0.1) is 7.11 Å². The van der Waals surface area contributed by atoms with Crippen LogP contribution in [0.5, 0.6) is 0 Å². The first-order chi connectivity index (χ1) is 8.78. The number of methoxy groups -OCH3 is 1. The van der Waals surface area contributed by atoms with Crippen LogP contribution in [-0.2, 0) is 4.74 Å². The molecular weight excluding hydrogens is 230 g/mol. The van der Waals surface area contributed by atoms with Crippen molar-refractivity contribution in [2.75, 3.05) is 30.8 Å². The second-order valence-electron chi connectivity index (χ2n) is 4.37. The maximum Gasteiger partial charge on any atom is 0.411 e. The standard InChI is InChI=1S/C13H19N3O2/c1-18-13(17)16-12-4-2-3-11(9-12)15-10-5-7-14-8-6-10/h2-4,9-10,14-15H,5-8H2,1H3,(H,16,17). The third-order valence-electron chi connectivity index (χ3n) is 3.00. The lowest BCUT2D eigenvalue weighted by Crippen LogP contribution is -2.35. The molecule has 0 unspecified atom stereocenters. The van der Waals surface area contributed by atoms with Crippen LogP contribution in [0.3, 0.4) is 0 Å². The number of ether oxygens (including phenoxy) is 1. The van der Waals surface area contributed by atoms with Crippen molar-refractivity contribution in [3.63, 3.8) is 0 Å². The summed E-state index contributed by atoms with van der Waals surface area (Å²) in [5.74, 6) is 0. The molecule has 1 fully saturated rings. The number of benzene rings is 1. The molecule has 18 heavy (non-hydrogen) atoms. The Labute approximate surface area is 107 Å². The van der Waals surface area contributed by atoms with Crippen molar-refractivity contribution < 1.29 is 9.53 Å². The second-order valence-corrected chi connectivity index (χ2v) is 4.37. The zero-order valence-electron chi connectivity index (χ0n) is 10.5. The second kappa shape index (κ2) is 6.26. The van der Waals surface area contributed by atoms with E-state index in [1.54, 1.807) is 0 Å². The van der Waals surface area contributed by atoms with E-state index in [0.717, 1.165) is 37.3 Å². The predicted octanol–water partition coefficient (Wildman–Crippen LogP) is 2.03. The molecule has 1 aliphatic heterocycles. The summed E-state index contributed by atoms with van der Waals surface area (Å²) in [4.78, 5) is 11.1. The molecular formula is C13H19N3O2. The van der Waals surface area contributed by atoms with E-state index < -0.39 is 6.09 Å². The number of carbonyl (C=O) groups excluding carboxylic acids is 1. The highest BCUT2D eigenvalue weighted by molar-refractivity contribution is 5.85. The van der Waals surface area contributed by atoms with Crippen molar-refractivity contribution in [2.45, 2.75) is 18.9 Å². The van der Waals surface area contributed by atoms with Crippen molar-refractivity contribution in [1.29, 1.82) is 0 Å². The topological polar surface area (TPSA) is 62.4 Å². The Hall–Kier alpha value is -1.75. The molecule has 1 aromatic rings. The van der Waals surface area contributed by atoms with Gasteiger partial charge in [-0.1, -0.05) is 6.07 Å². The van der Waals surface area contributed by atoms with Gasteiger partial charge in [0.25, 0.3) is 0 Å². The van der Waals surface area contributed by atoms with E-state index in [1.807, 2.05) is 24.3 Å². The summed E-state index contributed by atoms with van der Waals surface area (Å²) >= 11 is 0. The largest absolute Gasteiger partial charge is 0.453 e. The minimum Gasteiger partial charge on any atom is -0.453 e. The molecule has 1 amide bonds. The zero-order valence-corrected chi connectivity index (χ0v) is 10.5. The van der Waals surface area contributed by atoms with E-state index in [0.29, 0.717) is 6.04 Å². The Balaban J connectivity index is 1.95. The highest BCUT2D eigenvalue weighted by Crippen LogP contribution is 2.18. The summed E-state index contributed by atoms with van der Waals surface area (Å²) in [7, 11) is 1.35. The van der Waals surface area contributed by atoms with Crippen LogP contribution in [0.2, 0.25) is 0 Å². The molecule has 0 aromatic heterocycles. The normalized spacial score (nSPS) is 16.1. The van der Waals surface area contributed by atoms with Gasteiger partial charge in [0, 0.05) is 17.4 Å². The quantitative estimate of drug-likeness (QED) is 0.767. The highest BCUT2D eigenvalue weighted by atomic mass is 16.5. The Morgan fingerprint density at radius 2 is 2.06 bits per heavy atom. The van der Waals surface area contributed by atoms with Crippen LogP contribution < -0.4 is 16.0 Å². The monoisotopic (exact) mass is 249 g/mol. The lowest BCUT2D eigenvalue weighted by molar-refractivity contribution is 0.187. The fourth-order valence-electron chi connectivity index (χ4n) is 2.06. The SMILES string of the molecule is COC(=O)Nc1cccc(NC2CCNCC2)c1. The van der Waals surface area contributed by atoms with Gasteiger partial charge in [-0.15, -0.1) is 0 Å². The molecule has 1 aliphatic rings. The van der Waals surface area contributed by atoms with Crippen LogP contribution in [0.1, 0.15) is 12.8 Å². The number of carbonyl (C=O) groups is 1. The van der Waals surface area contributed by atoms with E-state index in [-0.39, 0.29) is 0 Å². The van der Waals surface area contributed by atoms with E-state index in [9.17, 15) is 4.79 Å². The number of hydrogen-bond donors (Lipinski definition) is 3.